The molecule has 2 aromatic heterocycles. The fourth-order valence-corrected chi connectivity index (χ4v) is 2.86. The molecule has 0 aliphatic carbocycles. The summed E-state index contributed by atoms with van der Waals surface area (Å²) in [6.07, 6.45) is 0. The number of ether oxygens (including phenoxy) is 3. The molecule has 0 aliphatic rings. The number of hydrogen-bond donors (Lipinski definition) is 1. The molecule has 8 heteroatoms. The first-order chi connectivity index (χ1) is 13.6. The molecule has 0 radical (unpaired) electrons. The Morgan fingerprint density at radius 1 is 0.893 bits per heavy atom. The molecule has 1 N–H and O–H groups in total. The fourth-order valence-electron chi connectivity index (χ4n) is 2.86. The molecule has 0 saturated carbocycles. The molecule has 0 fully saturated rings. The Bertz CT molecular complexity index is 1190. The Balaban J connectivity index is 1.79. The van der Waals surface area contributed by atoms with Gasteiger partial charge >= 0.3 is 0 Å². The van der Waals surface area contributed by atoms with Gasteiger partial charge in [0.25, 0.3) is 11.4 Å². The van der Waals surface area contributed by atoms with Gasteiger partial charge in [-0.15, -0.1) is 0 Å². The normalized spacial score (nSPS) is 10.8. The minimum absolute atomic E-state index is 0.183. The number of aromatic nitrogens is 3. The van der Waals surface area contributed by atoms with Crippen LogP contribution in [0.3, 0.4) is 0 Å². The van der Waals surface area contributed by atoms with Crippen LogP contribution in [-0.2, 0) is 0 Å². The second kappa shape index (κ2) is 7.07. The molecular formula is C20H17N3O5. The van der Waals surface area contributed by atoms with Crippen molar-refractivity contribution in [2.45, 2.75) is 0 Å². The number of benzene rings is 2. The van der Waals surface area contributed by atoms with Crippen LogP contribution in [0.2, 0.25) is 0 Å². The van der Waals surface area contributed by atoms with E-state index in [1.807, 2.05) is 6.07 Å². The molecule has 0 saturated heterocycles. The van der Waals surface area contributed by atoms with Crippen LogP contribution in [-0.4, -0.2) is 36.5 Å². The van der Waals surface area contributed by atoms with Crippen molar-refractivity contribution in [3.05, 3.63) is 52.8 Å². The minimum Gasteiger partial charge on any atom is -0.497 e. The lowest BCUT2D eigenvalue weighted by molar-refractivity contribution is 0.393. The smallest absolute Gasteiger partial charge is 0.259 e. The summed E-state index contributed by atoms with van der Waals surface area (Å²) in [4.78, 5) is 19.7. The Kier molecular flexibility index (Phi) is 4.44. The van der Waals surface area contributed by atoms with E-state index in [2.05, 4.69) is 15.1 Å². The van der Waals surface area contributed by atoms with Gasteiger partial charge in [-0.2, -0.15) is 4.98 Å². The second-order valence-electron chi connectivity index (χ2n) is 5.99. The minimum atomic E-state index is -0.312. The van der Waals surface area contributed by atoms with Gasteiger partial charge in [0, 0.05) is 22.5 Å². The number of pyridine rings is 1. The van der Waals surface area contributed by atoms with Gasteiger partial charge < -0.3 is 23.7 Å². The molecule has 4 rings (SSSR count). The maximum absolute atomic E-state index is 12.5. The van der Waals surface area contributed by atoms with Gasteiger partial charge in [-0.25, -0.2) is 0 Å². The van der Waals surface area contributed by atoms with E-state index in [1.165, 1.54) is 0 Å². The number of aromatic amines is 1. The van der Waals surface area contributed by atoms with Crippen molar-refractivity contribution in [1.29, 1.82) is 0 Å². The molecule has 0 unspecified atom stereocenters. The summed E-state index contributed by atoms with van der Waals surface area (Å²) >= 11 is 0. The summed E-state index contributed by atoms with van der Waals surface area (Å²) in [6.45, 7) is 0. The van der Waals surface area contributed by atoms with Crippen molar-refractivity contribution in [2.24, 2.45) is 0 Å². The van der Waals surface area contributed by atoms with Gasteiger partial charge in [-0.1, -0.05) is 5.16 Å². The van der Waals surface area contributed by atoms with Crippen molar-refractivity contribution in [3.63, 3.8) is 0 Å². The summed E-state index contributed by atoms with van der Waals surface area (Å²) in [6, 6.07) is 12.3. The summed E-state index contributed by atoms with van der Waals surface area (Å²) in [5, 5.41) is 4.76. The number of hydrogen-bond acceptors (Lipinski definition) is 7. The standard InChI is InChI=1S/C20H17N3O5/c1-25-13-4-5-17-11(6-13)9-16(19(24)21-17)18-22-20(28-23-18)12-7-14(26-2)10-15(8-12)27-3/h4-10H,1-3H3,(H,21,24). The molecule has 4 aromatic rings. The topological polar surface area (TPSA) is 99.5 Å². The highest BCUT2D eigenvalue weighted by molar-refractivity contribution is 5.83. The van der Waals surface area contributed by atoms with Crippen LogP contribution in [0.25, 0.3) is 33.7 Å². The first-order valence-electron chi connectivity index (χ1n) is 8.40. The van der Waals surface area contributed by atoms with E-state index in [0.29, 0.717) is 33.9 Å². The van der Waals surface area contributed by atoms with E-state index in [4.69, 9.17) is 18.7 Å². The molecular weight excluding hydrogens is 362 g/mol. The zero-order valence-corrected chi connectivity index (χ0v) is 15.5. The lowest BCUT2D eigenvalue weighted by Gasteiger charge is -2.05. The third-order valence-corrected chi connectivity index (χ3v) is 4.32. The first-order valence-corrected chi connectivity index (χ1v) is 8.40. The fraction of sp³-hybridized carbons (Fsp3) is 0.150. The Hall–Kier alpha value is -3.81. The van der Waals surface area contributed by atoms with Crippen LogP contribution >= 0.6 is 0 Å². The van der Waals surface area contributed by atoms with Crippen LogP contribution in [0.5, 0.6) is 17.2 Å². The van der Waals surface area contributed by atoms with Crippen LogP contribution in [0.4, 0.5) is 0 Å². The molecule has 0 spiro atoms. The van der Waals surface area contributed by atoms with Gasteiger partial charge in [0.1, 0.15) is 17.2 Å². The number of nitrogens with zero attached hydrogens (tertiary/aromatic N) is 2. The second-order valence-corrected chi connectivity index (χ2v) is 5.99. The number of methoxy groups -OCH3 is 3. The first kappa shape index (κ1) is 17.6. The van der Waals surface area contributed by atoms with Gasteiger partial charge in [-0.3, -0.25) is 4.79 Å². The van der Waals surface area contributed by atoms with Crippen LogP contribution in [0.1, 0.15) is 0 Å². The van der Waals surface area contributed by atoms with Crippen molar-refractivity contribution < 1.29 is 18.7 Å². The lowest BCUT2D eigenvalue weighted by atomic mass is 10.1. The van der Waals surface area contributed by atoms with E-state index < -0.39 is 0 Å². The van der Waals surface area contributed by atoms with Crippen molar-refractivity contribution in [1.82, 2.24) is 15.1 Å². The summed E-state index contributed by atoms with van der Waals surface area (Å²) in [5.41, 5.74) is 1.29. The molecule has 2 heterocycles. The predicted molar refractivity (Wildman–Crippen MR) is 103 cm³/mol. The van der Waals surface area contributed by atoms with Crippen molar-refractivity contribution in [3.8, 4) is 40.1 Å². The van der Waals surface area contributed by atoms with E-state index >= 15 is 0 Å². The summed E-state index contributed by atoms with van der Waals surface area (Å²) < 4.78 is 21.1. The quantitative estimate of drug-likeness (QED) is 0.568. The van der Waals surface area contributed by atoms with Crippen molar-refractivity contribution >= 4 is 10.9 Å². The lowest BCUT2D eigenvalue weighted by Crippen LogP contribution is -2.09. The average Bonchev–Trinajstić information content (AvgIpc) is 3.22. The van der Waals surface area contributed by atoms with Crippen LogP contribution in [0.15, 0.2) is 51.8 Å². The molecule has 2 aromatic carbocycles. The molecule has 8 nitrogen and oxygen atoms in total. The van der Waals surface area contributed by atoms with Crippen molar-refractivity contribution in [2.75, 3.05) is 21.3 Å². The summed E-state index contributed by atoms with van der Waals surface area (Å²) in [5.74, 6) is 2.29. The largest absolute Gasteiger partial charge is 0.497 e. The van der Waals surface area contributed by atoms with Gasteiger partial charge in [0.15, 0.2) is 0 Å². The molecule has 142 valence electrons. The van der Waals surface area contributed by atoms with E-state index in [-0.39, 0.29) is 17.3 Å². The average molecular weight is 379 g/mol. The highest BCUT2D eigenvalue weighted by Gasteiger charge is 2.16. The number of H-pyrrole nitrogens is 1. The maximum atomic E-state index is 12.5. The molecule has 0 aliphatic heterocycles. The number of fused-ring (bicyclic) bond motifs is 1. The van der Waals surface area contributed by atoms with E-state index in [0.717, 1.165) is 5.39 Å². The SMILES string of the molecule is COc1cc(OC)cc(-c2nc(-c3cc4cc(OC)ccc4[nH]c3=O)no2)c1. The van der Waals surface area contributed by atoms with Crippen LogP contribution in [0, 0.1) is 0 Å². The number of rotatable bonds is 5. The zero-order valence-electron chi connectivity index (χ0n) is 15.5. The van der Waals surface area contributed by atoms with Gasteiger partial charge in [0.05, 0.1) is 26.9 Å². The molecule has 0 amide bonds. The Morgan fingerprint density at radius 2 is 1.61 bits per heavy atom. The Morgan fingerprint density at radius 3 is 2.29 bits per heavy atom. The molecule has 0 bridgehead atoms. The zero-order chi connectivity index (χ0) is 19.7. The van der Waals surface area contributed by atoms with E-state index in [1.54, 1.807) is 57.7 Å². The molecule has 28 heavy (non-hydrogen) atoms. The predicted octanol–water partition coefficient (Wildman–Crippen LogP) is 3.27. The third kappa shape index (κ3) is 3.16. The maximum Gasteiger partial charge on any atom is 0.259 e. The van der Waals surface area contributed by atoms with Gasteiger partial charge in [-0.05, 0) is 36.4 Å². The monoisotopic (exact) mass is 379 g/mol. The van der Waals surface area contributed by atoms with Crippen LogP contribution < -0.4 is 19.8 Å². The highest BCUT2D eigenvalue weighted by Crippen LogP contribution is 2.30. The van der Waals surface area contributed by atoms with Gasteiger partial charge in [0.2, 0.25) is 5.82 Å². The third-order valence-electron chi connectivity index (χ3n) is 4.32. The molecule has 0 atom stereocenters. The van der Waals surface area contributed by atoms with E-state index in [9.17, 15) is 4.79 Å². The summed E-state index contributed by atoms with van der Waals surface area (Å²) in [7, 11) is 4.70. The number of nitrogens with one attached hydrogen (secondary N) is 1. The Labute approximate surface area is 159 Å². The highest BCUT2D eigenvalue weighted by atomic mass is 16.5.